The summed E-state index contributed by atoms with van der Waals surface area (Å²) < 4.78 is 0. The molecular weight excluding hydrogens is 228 g/mol. The number of thiazole rings is 1. The lowest BCUT2D eigenvalue weighted by Crippen LogP contribution is -1.88. The van der Waals surface area contributed by atoms with Gasteiger partial charge in [-0.2, -0.15) is 0 Å². The molecule has 0 amide bonds. The molecule has 0 bridgehead atoms. The number of nitro groups is 1. The highest BCUT2D eigenvalue weighted by atomic mass is 32.1. The maximum absolute atomic E-state index is 10.1. The van der Waals surface area contributed by atoms with Gasteiger partial charge in [0.25, 0.3) is 5.69 Å². The van der Waals surface area contributed by atoms with E-state index in [1.54, 1.807) is 23.0 Å². The molecule has 1 aromatic carbocycles. The largest absolute Gasteiger partial charge is 0.392 e. The first-order valence-corrected chi connectivity index (χ1v) is 5.34. The number of aromatic nitrogens is 1. The predicted octanol–water partition coefficient (Wildman–Crippen LogP) is 2.23. The van der Waals surface area contributed by atoms with Crippen LogP contribution in [0.2, 0.25) is 0 Å². The number of benzene rings is 1. The van der Waals surface area contributed by atoms with Crippen molar-refractivity contribution in [1.82, 2.24) is 4.98 Å². The molecule has 0 aliphatic heterocycles. The highest BCUT2D eigenvalue weighted by Gasteiger charge is 2.02. The van der Waals surface area contributed by atoms with Crippen LogP contribution in [0.1, 0.15) is 5.56 Å². The number of nitro benzene ring substituents is 1. The zero-order chi connectivity index (χ0) is 11.8. The van der Waals surface area contributed by atoms with E-state index in [1.165, 1.54) is 24.3 Å². The van der Waals surface area contributed by atoms with E-state index in [-0.39, 0.29) is 12.3 Å². The molecule has 0 aliphatic carbocycles. The van der Waals surface area contributed by atoms with Crippen LogP contribution in [0.3, 0.4) is 0 Å². The van der Waals surface area contributed by atoms with E-state index >= 15 is 0 Å². The number of hydrogen-bond acceptors (Lipinski definition) is 5. The van der Waals surface area contributed by atoms with Crippen LogP contribution < -0.4 is 0 Å². The van der Waals surface area contributed by atoms with E-state index in [9.17, 15) is 10.1 Å². The quantitative estimate of drug-likeness (QED) is 0.643. The van der Waals surface area contributed by atoms with E-state index in [0.29, 0.717) is 5.56 Å². The van der Waals surface area contributed by atoms with Gasteiger partial charge in [0.05, 0.1) is 17.0 Å². The zero-order valence-corrected chi connectivity index (χ0v) is 9.13. The first-order valence-electron chi connectivity index (χ1n) is 4.40. The number of non-ortho nitro benzene ring substituents is 1. The highest BCUT2D eigenvalue weighted by molar-refractivity contribution is 7.07. The van der Waals surface area contributed by atoms with Crippen LogP contribution in [-0.2, 0) is 6.61 Å². The van der Waals surface area contributed by atoms with Crippen LogP contribution >= 0.6 is 11.3 Å². The summed E-state index contributed by atoms with van der Waals surface area (Å²) in [5, 5.41) is 20.7. The van der Waals surface area contributed by atoms with Gasteiger partial charge in [-0.15, -0.1) is 11.3 Å². The van der Waals surface area contributed by atoms with Crippen LogP contribution in [0.5, 0.6) is 0 Å². The Morgan fingerprint density at radius 2 is 2.06 bits per heavy atom. The summed E-state index contributed by atoms with van der Waals surface area (Å²) in [7, 11) is 0. The van der Waals surface area contributed by atoms with Gasteiger partial charge >= 0.3 is 0 Å². The van der Waals surface area contributed by atoms with Crippen molar-refractivity contribution in [1.29, 1.82) is 0 Å². The molecular formula is C10H10N2O3S. The van der Waals surface area contributed by atoms with Gasteiger partial charge in [0.1, 0.15) is 0 Å². The molecule has 0 aliphatic rings. The second-order valence-electron chi connectivity index (χ2n) is 2.76. The molecule has 0 unspecified atom stereocenters. The van der Waals surface area contributed by atoms with E-state index < -0.39 is 4.92 Å². The third-order valence-corrected chi connectivity index (χ3v) is 2.20. The zero-order valence-electron chi connectivity index (χ0n) is 8.31. The first-order chi connectivity index (χ1) is 7.74. The van der Waals surface area contributed by atoms with Crippen molar-refractivity contribution in [3.05, 3.63) is 57.0 Å². The Balaban J connectivity index is 0.000000212. The van der Waals surface area contributed by atoms with Crippen molar-refractivity contribution in [2.24, 2.45) is 0 Å². The lowest BCUT2D eigenvalue weighted by molar-refractivity contribution is -0.384. The molecule has 1 aromatic heterocycles. The molecule has 0 fully saturated rings. The number of rotatable bonds is 2. The second kappa shape index (κ2) is 6.65. The van der Waals surface area contributed by atoms with Gasteiger partial charge in [0, 0.05) is 23.7 Å². The van der Waals surface area contributed by atoms with Gasteiger partial charge in [0.15, 0.2) is 0 Å². The van der Waals surface area contributed by atoms with Gasteiger partial charge in [-0.1, -0.05) is 0 Å². The summed E-state index contributed by atoms with van der Waals surface area (Å²) in [5.41, 5.74) is 2.51. The molecule has 5 nitrogen and oxygen atoms in total. The second-order valence-corrected chi connectivity index (χ2v) is 3.51. The number of nitrogens with zero attached hydrogens (tertiary/aromatic N) is 2. The summed E-state index contributed by atoms with van der Waals surface area (Å²) in [6.45, 7) is -0.0853. The molecule has 2 rings (SSSR count). The van der Waals surface area contributed by atoms with E-state index in [0.717, 1.165) is 0 Å². The summed E-state index contributed by atoms with van der Waals surface area (Å²) in [4.78, 5) is 13.4. The van der Waals surface area contributed by atoms with Crippen molar-refractivity contribution >= 4 is 17.0 Å². The maximum atomic E-state index is 10.1. The Morgan fingerprint density at radius 3 is 2.38 bits per heavy atom. The summed E-state index contributed by atoms with van der Waals surface area (Å²) in [6.07, 6.45) is 1.77. The SMILES string of the molecule is O=[N+]([O-])c1ccc(CO)cc1.c1cscn1. The van der Waals surface area contributed by atoms with Gasteiger partial charge in [-0.25, -0.2) is 0 Å². The maximum Gasteiger partial charge on any atom is 0.269 e. The molecule has 84 valence electrons. The number of aliphatic hydroxyl groups excluding tert-OH is 1. The van der Waals surface area contributed by atoms with E-state index in [2.05, 4.69) is 4.98 Å². The fraction of sp³-hybridized carbons (Fsp3) is 0.100. The van der Waals surface area contributed by atoms with Crippen molar-refractivity contribution in [2.75, 3.05) is 0 Å². The van der Waals surface area contributed by atoms with Crippen LogP contribution in [0, 0.1) is 10.1 Å². The standard InChI is InChI=1S/C7H7NO3.C3H3NS/c9-5-6-1-3-7(4-2-6)8(10)11;1-2-5-3-4-1/h1-4,9H,5H2;1-3H. The molecule has 2 aromatic rings. The Hall–Kier alpha value is -1.79. The minimum absolute atomic E-state index is 0.0437. The monoisotopic (exact) mass is 238 g/mol. The van der Waals surface area contributed by atoms with Crippen LogP contribution in [-0.4, -0.2) is 15.0 Å². The van der Waals surface area contributed by atoms with Crippen molar-refractivity contribution in [3.8, 4) is 0 Å². The van der Waals surface area contributed by atoms with Gasteiger partial charge in [0.2, 0.25) is 0 Å². The van der Waals surface area contributed by atoms with E-state index in [1.807, 2.05) is 5.38 Å². The smallest absolute Gasteiger partial charge is 0.269 e. The first kappa shape index (κ1) is 12.3. The Bertz CT molecular complexity index is 397. The third-order valence-electron chi connectivity index (χ3n) is 1.68. The normalized spacial score (nSPS) is 9.06. The highest BCUT2D eigenvalue weighted by Crippen LogP contribution is 2.11. The van der Waals surface area contributed by atoms with Crippen LogP contribution in [0.4, 0.5) is 5.69 Å². The lowest BCUT2D eigenvalue weighted by atomic mass is 10.2. The van der Waals surface area contributed by atoms with Gasteiger partial charge in [-0.05, 0) is 17.7 Å². The average Bonchev–Trinajstić information content (AvgIpc) is 2.88. The molecule has 0 saturated heterocycles. The summed E-state index contributed by atoms with van der Waals surface area (Å²) in [6, 6.07) is 5.79. The van der Waals surface area contributed by atoms with Crippen LogP contribution in [0.15, 0.2) is 41.4 Å². The average molecular weight is 238 g/mol. The van der Waals surface area contributed by atoms with E-state index in [4.69, 9.17) is 5.11 Å². The Morgan fingerprint density at radius 1 is 1.38 bits per heavy atom. The molecule has 16 heavy (non-hydrogen) atoms. The minimum Gasteiger partial charge on any atom is -0.392 e. The minimum atomic E-state index is -0.471. The predicted molar refractivity (Wildman–Crippen MR) is 61.1 cm³/mol. The molecule has 0 atom stereocenters. The fourth-order valence-corrected chi connectivity index (χ4v) is 1.25. The van der Waals surface area contributed by atoms with Crippen LogP contribution in [0.25, 0.3) is 0 Å². The fourth-order valence-electron chi connectivity index (χ4n) is 0.899. The number of hydrogen-bond donors (Lipinski definition) is 1. The summed E-state index contributed by atoms with van der Waals surface area (Å²) >= 11 is 1.60. The van der Waals surface area contributed by atoms with Gasteiger partial charge in [-0.3, -0.25) is 15.1 Å². The lowest BCUT2D eigenvalue weighted by Gasteiger charge is -1.93. The van der Waals surface area contributed by atoms with Crippen molar-refractivity contribution in [2.45, 2.75) is 6.61 Å². The van der Waals surface area contributed by atoms with Gasteiger partial charge < -0.3 is 5.11 Å². The number of aliphatic hydroxyl groups is 1. The summed E-state index contributed by atoms with van der Waals surface area (Å²) in [5.74, 6) is 0. The topological polar surface area (TPSA) is 76.3 Å². The molecule has 1 heterocycles. The molecule has 0 saturated carbocycles. The third kappa shape index (κ3) is 4.16. The molecule has 0 spiro atoms. The molecule has 6 heteroatoms. The Labute approximate surface area is 96.2 Å². The molecule has 0 radical (unpaired) electrons. The Kier molecular flexibility index (Phi) is 5.10. The van der Waals surface area contributed by atoms with Crippen molar-refractivity contribution < 1.29 is 10.0 Å². The molecule has 1 N–H and O–H groups in total. The van der Waals surface area contributed by atoms with Crippen molar-refractivity contribution in [3.63, 3.8) is 0 Å².